The van der Waals surface area contributed by atoms with Crippen LogP contribution in [0.15, 0.2) is 489 Å². The molecule has 3 heterocycles. The first kappa shape index (κ1) is 93.2. The molecule has 6 nitrogen and oxygen atoms in total. The van der Waals surface area contributed by atoms with Crippen LogP contribution in [0.1, 0.15) is 27.7 Å². The van der Waals surface area contributed by atoms with Crippen LogP contribution in [0, 0.1) is 0 Å². The predicted octanol–water partition coefficient (Wildman–Crippen LogP) is 29.1. The van der Waals surface area contributed by atoms with E-state index in [1.54, 1.807) is 0 Å². The van der Waals surface area contributed by atoms with Gasteiger partial charge in [0.2, 0.25) is 0 Å². The van der Waals surface area contributed by atoms with Crippen LogP contribution in [-0.2, 0) is 18.4 Å². The first-order valence-electron chi connectivity index (χ1n) is 43.2. The quantitative estimate of drug-likeness (QED) is 0.0850. The Balaban J connectivity index is 0.000000113. The van der Waals surface area contributed by atoms with Gasteiger partial charge in [-0.05, 0) is 208 Å². The van der Waals surface area contributed by atoms with Crippen LogP contribution in [-0.4, -0.2) is 27.7 Å². The smallest absolute Gasteiger partial charge is 0.399 e. The van der Waals surface area contributed by atoms with Crippen LogP contribution in [0.5, 0.6) is 0 Å². The number of fused-ring (bicyclic) bond motifs is 9. The monoisotopic (exact) mass is 2130 g/mol. The third kappa shape index (κ3) is 21.3. The summed E-state index contributed by atoms with van der Waals surface area (Å²) < 4.78 is 49.0. The number of rotatable bonds is 13. The van der Waals surface area contributed by atoms with Gasteiger partial charge in [0.25, 0.3) is 0 Å². The standard InChI is InChI=1S/C27H25BN2O2.2C22H16BrOP.C22H16BrP.C12H10ClP.C10H6Br2/c1-26(2)27(3,4)32-28(31-26)20-12-9-11-19(16-20)25-29-22-14-7-6-13-21(22)24-17-18-10-5-8-15-23(18)30(24)25;2*23-19-13-11-18-16-22(14-12-17(18)15-19)25(24,20-7-3-1-4-8-20)21-9-5-2-6-10-21;23-19-13-11-18-16-22(14-12-17(18)15-19)24(20-7-3-1-4-8-20)21-9-5-2-6-10-21;13-14(11-7-3-1-4-8-11)12-9-5-2-6-10-12;11-9-3-1-7-5-10(12)4-2-8(7)6-9/h5-17H,1-4H3;2*1-16H;1-16H;1-10H;1-6H. The molecule has 0 spiro atoms. The van der Waals surface area contributed by atoms with Gasteiger partial charge in [-0.2, -0.15) is 0 Å². The molecule has 17 heteroatoms. The van der Waals surface area contributed by atoms with E-state index >= 15 is 0 Å². The fraction of sp³-hybridized carbons (Fsp3) is 0.0522. The minimum Gasteiger partial charge on any atom is -0.399 e. The highest BCUT2D eigenvalue weighted by Gasteiger charge is 2.52. The second-order valence-corrected chi connectivity index (χ2v) is 47.7. The average Bonchev–Trinajstić information content (AvgIpc) is 1.59. The van der Waals surface area contributed by atoms with E-state index in [1.807, 2.05) is 200 Å². The molecule has 0 bridgehead atoms. The molecule has 1 aliphatic heterocycles. The van der Waals surface area contributed by atoms with Crippen molar-refractivity contribution in [3.63, 3.8) is 0 Å². The molecule has 0 unspecified atom stereocenters. The summed E-state index contributed by atoms with van der Waals surface area (Å²) >= 11 is 23.9. The Labute approximate surface area is 821 Å². The van der Waals surface area contributed by atoms with E-state index in [-0.39, 0.29) is 11.2 Å². The second kappa shape index (κ2) is 42.3. The third-order valence-corrected chi connectivity index (χ3v) is 37.3. The number of benzene rings is 19. The second-order valence-electron chi connectivity index (χ2n) is 32.8. The van der Waals surface area contributed by atoms with Crippen molar-refractivity contribution in [3.05, 3.63) is 489 Å². The lowest BCUT2D eigenvalue weighted by molar-refractivity contribution is 0.00578. The Morgan fingerprint density at radius 3 is 1.02 bits per heavy atom. The van der Waals surface area contributed by atoms with Gasteiger partial charge in [-0.3, -0.25) is 4.40 Å². The molecule has 0 radical (unpaired) electrons. The number of hydrogen-bond acceptors (Lipinski definition) is 5. The molecular weight excluding hydrogens is 2040 g/mol. The lowest BCUT2D eigenvalue weighted by Gasteiger charge is -2.32. The molecule has 0 atom stereocenters. The Kier molecular flexibility index (Phi) is 29.9. The fourth-order valence-electron chi connectivity index (χ4n) is 16.2. The fourth-order valence-corrected chi connectivity index (χ4v) is 27.6. The highest BCUT2D eigenvalue weighted by Crippen LogP contribution is 2.46. The maximum absolute atomic E-state index is 14.3. The summed E-state index contributed by atoms with van der Waals surface area (Å²) in [7, 11) is -7.45. The zero-order chi connectivity index (χ0) is 91.4. The van der Waals surface area contributed by atoms with Crippen LogP contribution in [0.2, 0.25) is 0 Å². The van der Waals surface area contributed by atoms with Crippen LogP contribution < -0.4 is 63.8 Å². The van der Waals surface area contributed by atoms with Gasteiger partial charge < -0.3 is 18.4 Å². The lowest BCUT2D eigenvalue weighted by Crippen LogP contribution is -2.41. The van der Waals surface area contributed by atoms with Crippen molar-refractivity contribution < 1.29 is 18.4 Å². The van der Waals surface area contributed by atoms with E-state index in [1.165, 1.54) is 53.5 Å². The molecule has 132 heavy (non-hydrogen) atoms. The predicted molar refractivity (Wildman–Crippen MR) is 588 cm³/mol. The molecule has 22 rings (SSSR count). The van der Waals surface area contributed by atoms with Crippen LogP contribution >= 0.6 is 120 Å². The summed E-state index contributed by atoms with van der Waals surface area (Å²) in [6.45, 7) is 8.32. The van der Waals surface area contributed by atoms with Crippen LogP contribution in [0.3, 0.4) is 0 Å². The summed E-state index contributed by atoms with van der Waals surface area (Å²) in [5, 5.41) is 23.6. The van der Waals surface area contributed by atoms with E-state index in [2.05, 4.69) is 379 Å². The molecule has 0 amide bonds. The van der Waals surface area contributed by atoms with Crippen molar-refractivity contribution in [1.29, 1.82) is 0 Å². The van der Waals surface area contributed by atoms with Gasteiger partial charge >= 0.3 is 7.12 Å². The van der Waals surface area contributed by atoms with Crippen molar-refractivity contribution in [2.24, 2.45) is 0 Å². The Morgan fingerprint density at radius 1 is 0.288 bits per heavy atom. The number of para-hydroxylation sites is 2. The summed E-state index contributed by atoms with van der Waals surface area (Å²) in [5.41, 5.74) is 4.58. The van der Waals surface area contributed by atoms with Gasteiger partial charge in [-0.1, -0.05) is 461 Å². The zero-order valence-corrected chi connectivity index (χ0v) is 84.9. The minimum atomic E-state index is -2.90. The topological polar surface area (TPSA) is 69.9 Å². The molecule has 0 aliphatic carbocycles. The van der Waals surface area contributed by atoms with Crippen molar-refractivity contribution in [3.8, 4) is 11.4 Å². The van der Waals surface area contributed by atoms with Gasteiger partial charge in [-0.15, -0.1) is 0 Å². The van der Waals surface area contributed by atoms with Gasteiger partial charge in [0.15, 0.2) is 14.3 Å². The first-order valence-corrected chi connectivity index (χ1v) is 54.2. The number of aromatic nitrogens is 2. The maximum Gasteiger partial charge on any atom is 0.494 e. The highest BCUT2D eigenvalue weighted by atomic mass is 79.9. The molecule has 1 fully saturated rings. The van der Waals surface area contributed by atoms with Gasteiger partial charge in [-0.25, -0.2) is 4.98 Å². The molecule has 1 saturated heterocycles. The van der Waals surface area contributed by atoms with Crippen LogP contribution in [0.4, 0.5) is 0 Å². The Bertz CT molecular complexity index is 7320. The normalized spacial score (nSPS) is 12.7. The molecule has 1 aliphatic rings. The lowest BCUT2D eigenvalue weighted by atomic mass is 9.78. The molecule has 21 aromatic rings. The summed E-state index contributed by atoms with van der Waals surface area (Å²) in [6.07, 6.45) is 0. The first-order chi connectivity index (χ1) is 64.1. The van der Waals surface area contributed by atoms with E-state index < -0.39 is 36.6 Å². The summed E-state index contributed by atoms with van der Waals surface area (Å²) in [5.74, 6) is 0.915. The van der Waals surface area contributed by atoms with Gasteiger partial charge in [0.1, 0.15) is 5.82 Å². The molecule has 19 aromatic carbocycles. The SMILES string of the molecule is Brc1ccc2cc(Br)ccc2c1.Brc1ccc2cc(P(c3ccccc3)c3ccccc3)ccc2c1.CC1(C)OB(c2cccc(-c3nc4ccccc4c4cc5ccccc5n34)c2)OC1(C)C.ClP(c1ccccc1)c1ccccc1.O=P(c1ccccc1)(c1ccccc1)c1ccc2cc(Br)ccc2c1.O=P(c1ccccc1)(c1ccccc1)c1ccc2cc(Br)ccc2c1. The molecule has 0 N–H and O–H groups in total. The minimum absolute atomic E-state index is 0.376. The number of halogens is 6. The zero-order valence-electron chi connectivity index (χ0n) is 72.6. The summed E-state index contributed by atoms with van der Waals surface area (Å²) in [6, 6.07) is 159. The van der Waals surface area contributed by atoms with Crippen molar-refractivity contribution in [2.45, 2.75) is 38.9 Å². The van der Waals surface area contributed by atoms with Gasteiger partial charge in [0, 0.05) is 70.5 Å². The van der Waals surface area contributed by atoms with E-state index in [9.17, 15) is 9.13 Å². The van der Waals surface area contributed by atoms with Crippen molar-refractivity contribution in [1.82, 2.24) is 9.38 Å². The molecule has 0 saturated carbocycles. The van der Waals surface area contributed by atoms with E-state index in [4.69, 9.17) is 25.5 Å². The van der Waals surface area contributed by atoms with Crippen LogP contribution in [0.25, 0.3) is 81.8 Å². The Morgan fingerprint density at radius 2 is 0.614 bits per heavy atom. The Hall–Kier alpha value is -10.6. The van der Waals surface area contributed by atoms with Gasteiger partial charge in [0.05, 0.1) is 35.0 Å². The van der Waals surface area contributed by atoms with Crippen molar-refractivity contribution in [2.75, 3.05) is 0 Å². The van der Waals surface area contributed by atoms with E-state index in [0.29, 0.717) is 0 Å². The maximum atomic E-state index is 14.3. The van der Waals surface area contributed by atoms with E-state index in [0.717, 1.165) is 115 Å². The molecular formula is C115H89BBr5ClN2O4P4. The average molecular weight is 2130 g/mol. The summed E-state index contributed by atoms with van der Waals surface area (Å²) in [4.78, 5) is 5.10. The largest absolute Gasteiger partial charge is 0.494 e. The molecule has 648 valence electrons. The molecule has 2 aromatic heterocycles. The number of hydrogen-bond donors (Lipinski definition) is 0. The third-order valence-electron chi connectivity index (χ3n) is 23.6. The highest BCUT2D eigenvalue weighted by molar-refractivity contribution is 9.11. The van der Waals surface area contributed by atoms with Crippen molar-refractivity contribution >= 4 is 262 Å². The number of nitrogens with zero attached hydrogens (tertiary/aromatic N) is 2.